The summed E-state index contributed by atoms with van der Waals surface area (Å²) in [5.41, 5.74) is 0.429. The topological polar surface area (TPSA) is 78.4 Å². The summed E-state index contributed by atoms with van der Waals surface area (Å²) in [7, 11) is 0. The Kier molecular flexibility index (Phi) is 3.88. The van der Waals surface area contributed by atoms with E-state index < -0.39 is 0 Å². The first kappa shape index (κ1) is 12.5. The second-order valence-electron chi connectivity index (χ2n) is 3.96. The number of nitrogens with one attached hydrogen (secondary N) is 1. The molecule has 0 unspecified atom stereocenters. The predicted molar refractivity (Wildman–Crippen MR) is 67.2 cm³/mol. The lowest BCUT2D eigenvalue weighted by Crippen LogP contribution is -2.38. The lowest BCUT2D eigenvalue weighted by Gasteiger charge is -2.22. The van der Waals surface area contributed by atoms with Gasteiger partial charge in [-0.3, -0.25) is 4.79 Å². The van der Waals surface area contributed by atoms with Gasteiger partial charge in [-0.2, -0.15) is 0 Å². The summed E-state index contributed by atoms with van der Waals surface area (Å²) in [5.74, 6) is 0.342. The molecule has 0 aromatic carbocycles. The maximum absolute atomic E-state index is 12.2. The van der Waals surface area contributed by atoms with Crippen LogP contribution in [0.2, 0.25) is 0 Å². The Balaban J connectivity index is 2.09. The molecule has 2 rings (SSSR count). The number of carbonyl (C=O) groups is 1. The monoisotopic (exact) mass is 248 g/mol. The van der Waals surface area contributed by atoms with E-state index in [-0.39, 0.29) is 18.6 Å². The van der Waals surface area contributed by atoms with Gasteiger partial charge in [-0.15, -0.1) is 0 Å². The third kappa shape index (κ3) is 2.48. The third-order valence-electron chi connectivity index (χ3n) is 2.74. The van der Waals surface area contributed by atoms with Gasteiger partial charge in [-0.1, -0.05) is 12.2 Å². The fraction of sp³-hybridized carbons (Fsp3) is 0.417. The molecule has 1 aromatic rings. The lowest BCUT2D eigenvalue weighted by molar-refractivity contribution is 0.0699. The van der Waals surface area contributed by atoms with Gasteiger partial charge >= 0.3 is 0 Å². The molecule has 0 saturated carbocycles. The Morgan fingerprint density at radius 1 is 1.56 bits per heavy atom. The van der Waals surface area contributed by atoms with E-state index in [4.69, 9.17) is 5.11 Å². The smallest absolute Gasteiger partial charge is 0.257 e. The summed E-state index contributed by atoms with van der Waals surface area (Å²) in [6.45, 7) is 3.12. The molecule has 1 amide bonds. The van der Waals surface area contributed by atoms with E-state index in [9.17, 15) is 4.79 Å². The van der Waals surface area contributed by atoms with Gasteiger partial charge in [0.05, 0.1) is 18.2 Å². The van der Waals surface area contributed by atoms with Crippen molar-refractivity contribution in [2.45, 2.75) is 13.0 Å². The van der Waals surface area contributed by atoms with Crippen LogP contribution >= 0.6 is 0 Å². The van der Waals surface area contributed by atoms with E-state index in [1.165, 1.54) is 12.4 Å². The van der Waals surface area contributed by atoms with Crippen molar-refractivity contribution in [2.24, 2.45) is 0 Å². The Hall–Kier alpha value is -1.95. The Bertz CT molecular complexity index is 444. The van der Waals surface area contributed by atoms with Crippen LogP contribution in [0, 0.1) is 0 Å². The first-order valence-corrected chi connectivity index (χ1v) is 5.90. The molecule has 0 fully saturated rings. The number of nitrogens with zero attached hydrogens (tertiary/aromatic N) is 3. The quantitative estimate of drug-likeness (QED) is 0.748. The first-order chi connectivity index (χ1) is 8.76. The normalized spacial score (nSPS) is 18.1. The standard InChI is InChI=1S/C12H16N4O2/c1-2-13-12-14-6-9(7-15-12)11(18)16-5-3-4-10(16)8-17/h3-4,6-7,10,17H,2,5,8H2,1H3,(H,13,14,15)/t10-/m1/s1. The van der Waals surface area contributed by atoms with Crippen molar-refractivity contribution < 1.29 is 9.90 Å². The number of rotatable bonds is 4. The van der Waals surface area contributed by atoms with E-state index in [2.05, 4.69) is 15.3 Å². The van der Waals surface area contributed by atoms with Gasteiger partial charge in [-0.05, 0) is 6.92 Å². The molecule has 0 bridgehead atoms. The van der Waals surface area contributed by atoms with Crippen molar-refractivity contribution in [1.29, 1.82) is 0 Å². The number of aliphatic hydroxyl groups is 1. The maximum atomic E-state index is 12.2. The highest BCUT2D eigenvalue weighted by atomic mass is 16.3. The molecule has 0 radical (unpaired) electrons. The van der Waals surface area contributed by atoms with Gasteiger partial charge in [-0.25, -0.2) is 9.97 Å². The zero-order valence-corrected chi connectivity index (χ0v) is 10.2. The zero-order valence-electron chi connectivity index (χ0n) is 10.2. The molecule has 18 heavy (non-hydrogen) atoms. The van der Waals surface area contributed by atoms with Crippen molar-refractivity contribution in [2.75, 3.05) is 25.0 Å². The number of aromatic nitrogens is 2. The van der Waals surface area contributed by atoms with Crippen molar-refractivity contribution in [1.82, 2.24) is 14.9 Å². The first-order valence-electron chi connectivity index (χ1n) is 5.90. The summed E-state index contributed by atoms with van der Waals surface area (Å²) in [6, 6.07) is -0.244. The summed E-state index contributed by atoms with van der Waals surface area (Å²) >= 11 is 0. The van der Waals surface area contributed by atoms with E-state index in [1.54, 1.807) is 4.90 Å². The number of hydrogen-bond acceptors (Lipinski definition) is 5. The average Bonchev–Trinajstić information content (AvgIpc) is 2.87. The highest BCUT2D eigenvalue weighted by Gasteiger charge is 2.25. The highest BCUT2D eigenvalue weighted by Crippen LogP contribution is 2.13. The predicted octanol–water partition coefficient (Wildman–Crippen LogP) is 0.281. The Labute approximate surface area is 105 Å². The molecule has 1 aliphatic rings. The number of hydrogen-bond donors (Lipinski definition) is 2. The maximum Gasteiger partial charge on any atom is 0.257 e. The van der Waals surface area contributed by atoms with Crippen LogP contribution in [0.15, 0.2) is 24.5 Å². The van der Waals surface area contributed by atoms with Crippen molar-refractivity contribution in [3.63, 3.8) is 0 Å². The number of aliphatic hydroxyl groups excluding tert-OH is 1. The summed E-state index contributed by atoms with van der Waals surface area (Å²) < 4.78 is 0. The molecule has 1 atom stereocenters. The minimum Gasteiger partial charge on any atom is -0.394 e. The van der Waals surface area contributed by atoms with Crippen LogP contribution < -0.4 is 5.32 Å². The molecule has 2 heterocycles. The van der Waals surface area contributed by atoms with Gasteiger partial charge in [0, 0.05) is 25.5 Å². The highest BCUT2D eigenvalue weighted by molar-refractivity contribution is 5.94. The minimum atomic E-state index is -0.244. The second-order valence-corrected chi connectivity index (χ2v) is 3.96. The van der Waals surface area contributed by atoms with Crippen LogP contribution in [0.4, 0.5) is 5.95 Å². The number of amides is 1. The molecule has 0 saturated heterocycles. The summed E-state index contributed by atoms with van der Waals surface area (Å²) in [5, 5.41) is 12.1. The second kappa shape index (κ2) is 5.59. The summed E-state index contributed by atoms with van der Waals surface area (Å²) in [6.07, 6.45) is 6.69. The van der Waals surface area contributed by atoms with E-state index in [0.717, 1.165) is 6.54 Å². The SMILES string of the molecule is CCNc1ncc(C(=O)N2CC=C[C@@H]2CO)cn1. The van der Waals surface area contributed by atoms with E-state index in [0.29, 0.717) is 18.1 Å². The average molecular weight is 248 g/mol. The molecule has 0 aliphatic carbocycles. The summed E-state index contributed by atoms with van der Waals surface area (Å²) in [4.78, 5) is 21.9. The van der Waals surface area contributed by atoms with Gasteiger partial charge < -0.3 is 15.3 Å². The van der Waals surface area contributed by atoms with Gasteiger partial charge in [0.2, 0.25) is 5.95 Å². The van der Waals surface area contributed by atoms with Crippen LogP contribution in [-0.4, -0.2) is 51.6 Å². The van der Waals surface area contributed by atoms with Crippen LogP contribution in [0.25, 0.3) is 0 Å². The molecule has 96 valence electrons. The Morgan fingerprint density at radius 2 is 2.28 bits per heavy atom. The van der Waals surface area contributed by atoms with Crippen molar-refractivity contribution in [3.8, 4) is 0 Å². The van der Waals surface area contributed by atoms with Crippen LogP contribution in [0.3, 0.4) is 0 Å². The van der Waals surface area contributed by atoms with Gasteiger partial charge in [0.25, 0.3) is 5.91 Å². The number of anilines is 1. The lowest BCUT2D eigenvalue weighted by atomic mass is 10.2. The number of carbonyl (C=O) groups excluding carboxylic acids is 1. The molecule has 1 aliphatic heterocycles. The van der Waals surface area contributed by atoms with Crippen LogP contribution in [0.1, 0.15) is 17.3 Å². The molecular weight excluding hydrogens is 232 g/mol. The molecule has 0 spiro atoms. The third-order valence-corrected chi connectivity index (χ3v) is 2.74. The zero-order chi connectivity index (χ0) is 13.0. The fourth-order valence-electron chi connectivity index (χ4n) is 1.82. The van der Waals surface area contributed by atoms with Gasteiger partial charge in [0.1, 0.15) is 0 Å². The molecule has 2 N–H and O–H groups in total. The molecule has 6 nitrogen and oxygen atoms in total. The van der Waals surface area contributed by atoms with Crippen molar-refractivity contribution in [3.05, 3.63) is 30.1 Å². The van der Waals surface area contributed by atoms with E-state index >= 15 is 0 Å². The molecule has 6 heteroatoms. The minimum absolute atomic E-state index is 0.0709. The molecular formula is C12H16N4O2. The fourth-order valence-corrected chi connectivity index (χ4v) is 1.82. The van der Waals surface area contributed by atoms with Crippen molar-refractivity contribution >= 4 is 11.9 Å². The molecule has 1 aromatic heterocycles. The van der Waals surface area contributed by atoms with Crippen LogP contribution in [0.5, 0.6) is 0 Å². The van der Waals surface area contributed by atoms with E-state index in [1.807, 2.05) is 19.1 Å². The van der Waals surface area contributed by atoms with Gasteiger partial charge in [0.15, 0.2) is 0 Å². The largest absolute Gasteiger partial charge is 0.394 e. The Morgan fingerprint density at radius 3 is 2.89 bits per heavy atom. The van der Waals surface area contributed by atoms with Crippen LogP contribution in [-0.2, 0) is 0 Å².